The zero-order valence-corrected chi connectivity index (χ0v) is 11.3. The number of phenolic OH excluding ortho intramolecular Hbond substituents is 1. The van der Waals surface area contributed by atoms with Gasteiger partial charge in [-0.3, -0.25) is 4.79 Å². The van der Waals surface area contributed by atoms with Crippen LogP contribution in [0.15, 0.2) is 18.2 Å². The summed E-state index contributed by atoms with van der Waals surface area (Å²) in [4.78, 5) is 12.3. The molecular formula is C15H21NO3. The lowest BCUT2D eigenvalue weighted by Crippen LogP contribution is -2.52. The van der Waals surface area contributed by atoms with E-state index in [9.17, 15) is 15.0 Å². The van der Waals surface area contributed by atoms with Crippen LogP contribution in [0, 0.1) is 6.92 Å². The highest BCUT2D eigenvalue weighted by atomic mass is 16.3. The summed E-state index contributed by atoms with van der Waals surface area (Å²) in [5.41, 5.74) is 0.675. The number of aryl methyl sites for hydroxylation is 1. The molecule has 0 bridgehead atoms. The van der Waals surface area contributed by atoms with Gasteiger partial charge in [0.05, 0.1) is 17.7 Å². The predicted octanol–water partition coefficient (Wildman–Crippen LogP) is 2.13. The van der Waals surface area contributed by atoms with Gasteiger partial charge in [0.25, 0.3) is 5.91 Å². The van der Waals surface area contributed by atoms with E-state index in [1.807, 2.05) is 6.92 Å². The summed E-state index contributed by atoms with van der Waals surface area (Å²) in [5.74, 6) is -0.329. The third-order valence-corrected chi connectivity index (χ3v) is 3.89. The van der Waals surface area contributed by atoms with Crippen LogP contribution in [0.1, 0.15) is 48.0 Å². The van der Waals surface area contributed by atoms with Crippen LogP contribution in [0.2, 0.25) is 0 Å². The summed E-state index contributed by atoms with van der Waals surface area (Å²) in [7, 11) is 0. The minimum atomic E-state index is -0.522. The number of aliphatic hydroxyl groups is 1. The molecule has 2 rings (SSSR count). The second-order valence-corrected chi connectivity index (χ2v) is 5.47. The first kappa shape index (κ1) is 13.9. The van der Waals surface area contributed by atoms with E-state index in [2.05, 4.69) is 5.32 Å². The quantitative estimate of drug-likeness (QED) is 0.782. The maximum absolute atomic E-state index is 12.3. The third-order valence-electron chi connectivity index (χ3n) is 3.89. The smallest absolute Gasteiger partial charge is 0.255 e. The van der Waals surface area contributed by atoms with Crippen LogP contribution in [0.25, 0.3) is 0 Å². The lowest BCUT2D eigenvalue weighted by Gasteiger charge is -2.36. The van der Waals surface area contributed by atoms with E-state index in [1.54, 1.807) is 12.1 Å². The van der Waals surface area contributed by atoms with E-state index in [4.69, 9.17) is 0 Å². The maximum Gasteiger partial charge on any atom is 0.255 e. The number of aliphatic hydroxyl groups excluding tert-OH is 1. The Bertz CT molecular complexity index is 464. The lowest BCUT2D eigenvalue weighted by molar-refractivity contribution is 0.0756. The van der Waals surface area contributed by atoms with Crippen LogP contribution in [0.5, 0.6) is 5.75 Å². The van der Waals surface area contributed by atoms with Gasteiger partial charge in [0, 0.05) is 0 Å². The van der Waals surface area contributed by atoms with Crippen molar-refractivity contribution >= 4 is 5.91 Å². The number of carbonyl (C=O) groups is 1. The van der Waals surface area contributed by atoms with Gasteiger partial charge in [-0.05, 0) is 31.9 Å². The van der Waals surface area contributed by atoms with Crippen LogP contribution in [-0.4, -0.2) is 28.3 Å². The molecule has 0 aromatic heterocycles. The van der Waals surface area contributed by atoms with Crippen molar-refractivity contribution in [3.05, 3.63) is 29.3 Å². The number of aromatic hydroxyl groups is 1. The molecule has 0 radical (unpaired) electrons. The molecule has 1 aromatic rings. The number of benzene rings is 1. The first-order valence-electron chi connectivity index (χ1n) is 6.79. The van der Waals surface area contributed by atoms with Gasteiger partial charge < -0.3 is 15.5 Å². The summed E-state index contributed by atoms with van der Waals surface area (Å²) >= 11 is 0. The lowest BCUT2D eigenvalue weighted by atomic mass is 9.82. The van der Waals surface area contributed by atoms with Gasteiger partial charge in [-0.25, -0.2) is 0 Å². The molecule has 4 nitrogen and oxygen atoms in total. The molecule has 1 aliphatic carbocycles. The monoisotopic (exact) mass is 263 g/mol. The van der Waals surface area contributed by atoms with Crippen molar-refractivity contribution in [1.29, 1.82) is 0 Å². The van der Waals surface area contributed by atoms with E-state index >= 15 is 0 Å². The first-order valence-corrected chi connectivity index (χ1v) is 6.79. The minimum Gasteiger partial charge on any atom is -0.507 e. The van der Waals surface area contributed by atoms with Crippen molar-refractivity contribution in [1.82, 2.24) is 5.32 Å². The Morgan fingerprint density at radius 2 is 2.00 bits per heavy atom. The molecule has 0 atom stereocenters. The molecule has 1 saturated carbocycles. The van der Waals surface area contributed by atoms with Gasteiger partial charge in [-0.1, -0.05) is 30.9 Å². The van der Waals surface area contributed by atoms with E-state index in [0.717, 1.165) is 37.7 Å². The van der Waals surface area contributed by atoms with Crippen LogP contribution in [0.4, 0.5) is 0 Å². The normalized spacial score (nSPS) is 18.0. The summed E-state index contributed by atoms with van der Waals surface area (Å²) in [6, 6.07) is 4.95. The van der Waals surface area contributed by atoms with E-state index < -0.39 is 5.54 Å². The standard InChI is InChI=1S/C15H21NO3/c1-11-5-6-13(18)12(9-11)14(19)16-15(10-17)7-3-2-4-8-15/h5-6,9,17-18H,2-4,7-8,10H2,1H3,(H,16,19). The largest absolute Gasteiger partial charge is 0.507 e. The molecule has 3 N–H and O–H groups in total. The molecule has 0 spiro atoms. The molecule has 4 heteroatoms. The fourth-order valence-electron chi connectivity index (χ4n) is 2.69. The average molecular weight is 263 g/mol. The van der Waals surface area contributed by atoms with Crippen LogP contribution < -0.4 is 5.32 Å². The molecular weight excluding hydrogens is 242 g/mol. The fraction of sp³-hybridized carbons (Fsp3) is 0.533. The number of phenols is 1. The van der Waals surface area contributed by atoms with Crippen LogP contribution >= 0.6 is 0 Å². The number of nitrogens with one attached hydrogen (secondary N) is 1. The third kappa shape index (κ3) is 3.07. The number of hydrogen-bond donors (Lipinski definition) is 3. The zero-order valence-electron chi connectivity index (χ0n) is 11.3. The summed E-state index contributed by atoms with van der Waals surface area (Å²) < 4.78 is 0. The molecule has 0 aliphatic heterocycles. The van der Waals surface area contributed by atoms with Gasteiger partial charge in [0.15, 0.2) is 0 Å². The Morgan fingerprint density at radius 1 is 1.32 bits per heavy atom. The highest BCUT2D eigenvalue weighted by molar-refractivity contribution is 5.97. The predicted molar refractivity (Wildman–Crippen MR) is 73.2 cm³/mol. The highest BCUT2D eigenvalue weighted by Gasteiger charge is 2.33. The van der Waals surface area contributed by atoms with E-state index in [0.29, 0.717) is 0 Å². The van der Waals surface area contributed by atoms with Crippen molar-refractivity contribution in [3.8, 4) is 5.75 Å². The Kier molecular flexibility index (Phi) is 4.10. The molecule has 1 aromatic carbocycles. The van der Waals surface area contributed by atoms with Gasteiger partial charge in [0.2, 0.25) is 0 Å². The highest BCUT2D eigenvalue weighted by Crippen LogP contribution is 2.29. The van der Waals surface area contributed by atoms with Crippen LogP contribution in [-0.2, 0) is 0 Å². The topological polar surface area (TPSA) is 69.6 Å². The Hall–Kier alpha value is -1.55. The Balaban J connectivity index is 2.17. The molecule has 1 aliphatic rings. The summed E-state index contributed by atoms with van der Waals surface area (Å²) in [5, 5.41) is 22.3. The van der Waals surface area contributed by atoms with E-state index in [-0.39, 0.29) is 23.8 Å². The van der Waals surface area contributed by atoms with Crippen LogP contribution in [0.3, 0.4) is 0 Å². The molecule has 1 amide bonds. The number of hydrogen-bond acceptors (Lipinski definition) is 3. The van der Waals surface area contributed by atoms with Crippen molar-refractivity contribution in [2.75, 3.05) is 6.61 Å². The number of carbonyl (C=O) groups excluding carboxylic acids is 1. The van der Waals surface area contributed by atoms with Gasteiger partial charge in [0.1, 0.15) is 5.75 Å². The van der Waals surface area contributed by atoms with Crippen molar-refractivity contribution in [2.45, 2.75) is 44.6 Å². The SMILES string of the molecule is Cc1ccc(O)c(C(=O)NC2(CO)CCCCC2)c1. The Morgan fingerprint density at radius 3 is 2.63 bits per heavy atom. The summed E-state index contributed by atoms with van der Waals surface area (Å²) in [6.45, 7) is 1.82. The molecule has 104 valence electrons. The van der Waals surface area contributed by atoms with E-state index in [1.165, 1.54) is 6.07 Å². The maximum atomic E-state index is 12.3. The molecule has 0 saturated heterocycles. The van der Waals surface area contributed by atoms with Crippen molar-refractivity contribution < 1.29 is 15.0 Å². The van der Waals surface area contributed by atoms with Gasteiger partial charge in [-0.15, -0.1) is 0 Å². The van der Waals surface area contributed by atoms with Crippen molar-refractivity contribution in [2.24, 2.45) is 0 Å². The molecule has 0 unspecified atom stereocenters. The van der Waals surface area contributed by atoms with Gasteiger partial charge in [-0.2, -0.15) is 0 Å². The first-order chi connectivity index (χ1) is 9.06. The van der Waals surface area contributed by atoms with Gasteiger partial charge >= 0.3 is 0 Å². The molecule has 0 heterocycles. The number of amides is 1. The molecule has 19 heavy (non-hydrogen) atoms. The minimum absolute atomic E-state index is 0.0213. The zero-order chi connectivity index (χ0) is 13.9. The number of rotatable bonds is 3. The Labute approximate surface area is 113 Å². The fourth-order valence-corrected chi connectivity index (χ4v) is 2.69. The second kappa shape index (κ2) is 5.61. The summed E-state index contributed by atoms with van der Waals surface area (Å²) in [6.07, 6.45) is 4.76. The average Bonchev–Trinajstić information content (AvgIpc) is 2.42. The second-order valence-electron chi connectivity index (χ2n) is 5.47. The van der Waals surface area contributed by atoms with Crippen molar-refractivity contribution in [3.63, 3.8) is 0 Å². The molecule has 1 fully saturated rings.